The number of allylic oxidation sites excluding steroid dienone is 1. The molecule has 0 amide bonds. The second-order valence-corrected chi connectivity index (χ2v) is 6.43. The molecule has 1 aliphatic carbocycles. The van der Waals surface area contributed by atoms with E-state index >= 15 is 0 Å². The van der Waals surface area contributed by atoms with Crippen molar-refractivity contribution in [1.29, 1.82) is 0 Å². The van der Waals surface area contributed by atoms with Gasteiger partial charge in [-0.25, -0.2) is 4.39 Å². The van der Waals surface area contributed by atoms with Crippen LogP contribution in [-0.4, -0.2) is 0 Å². The third-order valence-corrected chi connectivity index (χ3v) is 4.98. The van der Waals surface area contributed by atoms with Crippen LogP contribution in [0.1, 0.15) is 42.7 Å². The van der Waals surface area contributed by atoms with Gasteiger partial charge in [-0.15, -0.1) is 6.58 Å². The van der Waals surface area contributed by atoms with Gasteiger partial charge < -0.3 is 0 Å². The molecular weight excluding hydrogens is 271 g/mol. The molecule has 22 heavy (non-hydrogen) atoms. The fraction of sp³-hybridized carbons (Fsp3) is 0.333. The first-order valence-electron chi connectivity index (χ1n) is 8.16. The standard InChI is InChI=1S/C21H23F/c1-3-16-4-6-17(7-5-16)18-8-10-19(11-9-18)20-12-13-21(22)15(2)14-20/h3,8-14,16-17H,1,4-7H2,2H3. The van der Waals surface area contributed by atoms with Crippen LogP contribution in [0.5, 0.6) is 0 Å². The molecule has 1 heteroatoms. The Balaban J connectivity index is 1.75. The zero-order valence-corrected chi connectivity index (χ0v) is 13.2. The molecule has 3 rings (SSSR count). The van der Waals surface area contributed by atoms with Crippen molar-refractivity contribution in [1.82, 2.24) is 0 Å². The maximum absolute atomic E-state index is 13.4. The van der Waals surface area contributed by atoms with Gasteiger partial charge in [-0.2, -0.15) is 0 Å². The Labute approximate surface area is 132 Å². The Hall–Kier alpha value is -1.89. The van der Waals surface area contributed by atoms with Crippen LogP contribution in [0.2, 0.25) is 0 Å². The van der Waals surface area contributed by atoms with Crippen LogP contribution in [0.4, 0.5) is 4.39 Å². The lowest BCUT2D eigenvalue weighted by molar-refractivity contribution is 0.376. The highest BCUT2D eigenvalue weighted by atomic mass is 19.1. The summed E-state index contributed by atoms with van der Waals surface area (Å²) in [5.74, 6) is 1.25. The van der Waals surface area contributed by atoms with Crippen molar-refractivity contribution in [2.45, 2.75) is 38.5 Å². The van der Waals surface area contributed by atoms with E-state index in [0.717, 1.165) is 11.1 Å². The van der Waals surface area contributed by atoms with Crippen LogP contribution in [0.3, 0.4) is 0 Å². The molecule has 2 aromatic rings. The molecule has 2 aromatic carbocycles. The van der Waals surface area contributed by atoms with Crippen LogP contribution in [0.25, 0.3) is 11.1 Å². The van der Waals surface area contributed by atoms with Crippen LogP contribution < -0.4 is 0 Å². The van der Waals surface area contributed by atoms with Gasteiger partial charge in [-0.1, -0.05) is 36.4 Å². The predicted molar refractivity (Wildman–Crippen MR) is 91.5 cm³/mol. The first-order valence-corrected chi connectivity index (χ1v) is 8.16. The molecule has 0 heterocycles. The van der Waals surface area contributed by atoms with Crippen LogP contribution in [-0.2, 0) is 0 Å². The highest BCUT2D eigenvalue weighted by Gasteiger charge is 2.20. The monoisotopic (exact) mass is 294 g/mol. The molecule has 0 aliphatic heterocycles. The third kappa shape index (κ3) is 3.14. The van der Waals surface area contributed by atoms with Gasteiger partial charge in [-0.3, -0.25) is 0 Å². The van der Waals surface area contributed by atoms with E-state index in [2.05, 4.69) is 36.9 Å². The van der Waals surface area contributed by atoms with Gasteiger partial charge in [0, 0.05) is 0 Å². The van der Waals surface area contributed by atoms with Crippen molar-refractivity contribution >= 4 is 0 Å². The Morgan fingerprint density at radius 3 is 2.18 bits per heavy atom. The van der Waals surface area contributed by atoms with E-state index in [1.54, 1.807) is 6.07 Å². The maximum atomic E-state index is 13.4. The van der Waals surface area contributed by atoms with Crippen molar-refractivity contribution in [3.8, 4) is 11.1 Å². The summed E-state index contributed by atoms with van der Waals surface area (Å²) in [5, 5.41) is 0. The number of rotatable bonds is 3. The lowest BCUT2D eigenvalue weighted by atomic mass is 9.78. The van der Waals surface area contributed by atoms with Gasteiger partial charge in [0.05, 0.1) is 0 Å². The first kappa shape index (κ1) is 15.0. The Bertz CT molecular complexity index is 646. The molecule has 0 atom stereocenters. The Morgan fingerprint density at radius 1 is 0.955 bits per heavy atom. The van der Waals surface area contributed by atoms with E-state index in [1.165, 1.54) is 31.2 Å². The second kappa shape index (κ2) is 6.48. The fourth-order valence-corrected chi connectivity index (χ4v) is 3.46. The SMILES string of the molecule is C=CC1CCC(c2ccc(-c3ccc(F)c(C)c3)cc2)CC1. The zero-order chi connectivity index (χ0) is 15.5. The summed E-state index contributed by atoms with van der Waals surface area (Å²) in [4.78, 5) is 0. The smallest absolute Gasteiger partial charge is 0.126 e. The molecule has 1 aliphatic rings. The van der Waals surface area contributed by atoms with E-state index in [4.69, 9.17) is 0 Å². The molecule has 0 bridgehead atoms. The summed E-state index contributed by atoms with van der Waals surface area (Å²) in [6.45, 7) is 5.72. The minimum Gasteiger partial charge on any atom is -0.207 e. The minimum absolute atomic E-state index is 0.139. The summed E-state index contributed by atoms with van der Waals surface area (Å²) < 4.78 is 13.4. The summed E-state index contributed by atoms with van der Waals surface area (Å²) >= 11 is 0. The second-order valence-electron chi connectivity index (χ2n) is 6.43. The molecule has 0 N–H and O–H groups in total. The van der Waals surface area contributed by atoms with Crippen molar-refractivity contribution < 1.29 is 4.39 Å². The van der Waals surface area contributed by atoms with Gasteiger partial charge >= 0.3 is 0 Å². The molecule has 0 saturated heterocycles. The quantitative estimate of drug-likeness (QED) is 0.586. The number of halogens is 1. The van der Waals surface area contributed by atoms with Crippen molar-refractivity contribution in [3.05, 3.63) is 72.1 Å². The lowest BCUT2D eigenvalue weighted by Gasteiger charge is -2.27. The summed E-state index contributed by atoms with van der Waals surface area (Å²) in [5.41, 5.74) is 4.38. The highest BCUT2D eigenvalue weighted by Crippen LogP contribution is 2.36. The van der Waals surface area contributed by atoms with Crippen molar-refractivity contribution in [2.75, 3.05) is 0 Å². The fourth-order valence-electron chi connectivity index (χ4n) is 3.46. The summed E-state index contributed by atoms with van der Waals surface area (Å²) in [6, 6.07) is 14.1. The van der Waals surface area contributed by atoms with Crippen molar-refractivity contribution in [2.24, 2.45) is 5.92 Å². The zero-order valence-electron chi connectivity index (χ0n) is 13.2. The predicted octanol–water partition coefficient (Wildman–Crippen LogP) is 6.26. The molecule has 0 unspecified atom stereocenters. The topological polar surface area (TPSA) is 0 Å². The lowest BCUT2D eigenvalue weighted by Crippen LogP contribution is -2.11. The van der Waals surface area contributed by atoms with E-state index in [1.807, 2.05) is 19.1 Å². The number of hydrogen-bond acceptors (Lipinski definition) is 0. The third-order valence-electron chi connectivity index (χ3n) is 4.98. The number of hydrogen-bond donors (Lipinski definition) is 0. The minimum atomic E-state index is -0.139. The van der Waals surface area contributed by atoms with Crippen molar-refractivity contribution in [3.63, 3.8) is 0 Å². The molecule has 1 saturated carbocycles. The number of aryl methyl sites for hydroxylation is 1. The Morgan fingerprint density at radius 2 is 1.59 bits per heavy atom. The molecule has 0 radical (unpaired) electrons. The molecule has 0 aromatic heterocycles. The number of benzene rings is 2. The normalized spacial score (nSPS) is 21.5. The summed E-state index contributed by atoms with van der Waals surface area (Å²) in [6.07, 6.45) is 7.13. The van der Waals surface area contributed by atoms with Gasteiger partial charge in [0.1, 0.15) is 5.82 Å². The molecule has 0 spiro atoms. The van der Waals surface area contributed by atoms with Gasteiger partial charge in [0.2, 0.25) is 0 Å². The van der Waals surface area contributed by atoms with E-state index in [9.17, 15) is 4.39 Å². The van der Waals surface area contributed by atoms with Crippen LogP contribution in [0.15, 0.2) is 55.1 Å². The van der Waals surface area contributed by atoms with E-state index in [-0.39, 0.29) is 5.82 Å². The van der Waals surface area contributed by atoms with Gasteiger partial charge in [0.15, 0.2) is 0 Å². The van der Waals surface area contributed by atoms with E-state index in [0.29, 0.717) is 17.4 Å². The Kier molecular flexibility index (Phi) is 4.42. The maximum Gasteiger partial charge on any atom is 0.126 e. The molecule has 114 valence electrons. The average Bonchev–Trinajstić information content (AvgIpc) is 2.58. The molecule has 0 nitrogen and oxygen atoms in total. The van der Waals surface area contributed by atoms with Crippen LogP contribution >= 0.6 is 0 Å². The van der Waals surface area contributed by atoms with Gasteiger partial charge in [-0.05, 0) is 78.8 Å². The highest BCUT2D eigenvalue weighted by molar-refractivity contribution is 5.64. The molecule has 1 fully saturated rings. The van der Waals surface area contributed by atoms with Crippen LogP contribution in [0, 0.1) is 18.7 Å². The largest absolute Gasteiger partial charge is 0.207 e. The van der Waals surface area contributed by atoms with Gasteiger partial charge in [0.25, 0.3) is 0 Å². The first-order chi connectivity index (χ1) is 10.7. The summed E-state index contributed by atoms with van der Waals surface area (Å²) in [7, 11) is 0. The average molecular weight is 294 g/mol. The van der Waals surface area contributed by atoms with E-state index < -0.39 is 0 Å². The molecular formula is C21H23F.